The predicted molar refractivity (Wildman–Crippen MR) is 80.2 cm³/mol. The molecule has 0 aromatic carbocycles. The minimum absolute atomic E-state index is 0.324. The summed E-state index contributed by atoms with van der Waals surface area (Å²) in [6, 6.07) is 0. The van der Waals surface area contributed by atoms with Gasteiger partial charge in [-0.25, -0.2) is 0 Å². The highest BCUT2D eigenvalue weighted by Crippen LogP contribution is 2.18. The Labute approximate surface area is 119 Å². The Morgan fingerprint density at radius 3 is 2.50 bits per heavy atom. The van der Waals surface area contributed by atoms with Gasteiger partial charge in [-0.1, -0.05) is 0 Å². The van der Waals surface area contributed by atoms with E-state index in [9.17, 15) is 5.11 Å². The minimum Gasteiger partial charge on any atom is -0.393 e. The first-order valence-electron chi connectivity index (χ1n) is 7.30. The van der Waals surface area contributed by atoms with Crippen molar-refractivity contribution in [3.05, 3.63) is 0 Å². The molecule has 112 valence electrons. The fraction of sp³-hybridized carbons (Fsp3) is 0.769. The minimum atomic E-state index is -0.324. The van der Waals surface area contributed by atoms with Crippen LogP contribution in [0.5, 0.6) is 0 Å². The Morgan fingerprint density at radius 1 is 1.15 bits per heavy atom. The molecule has 0 radical (unpaired) electrons. The van der Waals surface area contributed by atoms with Crippen molar-refractivity contribution < 1.29 is 5.11 Å². The van der Waals surface area contributed by atoms with E-state index in [1.807, 2.05) is 0 Å². The number of hydrogen-bond donors (Lipinski definition) is 3. The van der Waals surface area contributed by atoms with Crippen LogP contribution in [0.4, 0.5) is 17.8 Å². The molecule has 1 unspecified atom stereocenters. The second-order valence-electron chi connectivity index (χ2n) is 5.14. The van der Waals surface area contributed by atoms with Gasteiger partial charge in [0.05, 0.1) is 6.10 Å². The lowest BCUT2D eigenvalue weighted by atomic mass is 10.1. The number of aliphatic hydroxyl groups excluding tert-OH is 1. The maximum absolute atomic E-state index is 9.28. The smallest absolute Gasteiger partial charge is 0.231 e. The Kier molecular flexibility index (Phi) is 5.34. The number of hydrogen-bond acceptors (Lipinski definition) is 7. The van der Waals surface area contributed by atoms with Gasteiger partial charge < -0.3 is 20.6 Å². The molecule has 3 N–H and O–H groups in total. The van der Waals surface area contributed by atoms with Gasteiger partial charge in [0, 0.05) is 26.7 Å². The topological polar surface area (TPSA) is 86.2 Å². The summed E-state index contributed by atoms with van der Waals surface area (Å²) < 4.78 is 0. The summed E-state index contributed by atoms with van der Waals surface area (Å²) >= 11 is 0. The van der Waals surface area contributed by atoms with Gasteiger partial charge in [0.1, 0.15) is 0 Å². The molecule has 1 atom stereocenters. The lowest BCUT2D eigenvalue weighted by molar-refractivity contribution is 0.188. The predicted octanol–water partition coefficient (Wildman–Crippen LogP) is 1.09. The quantitative estimate of drug-likeness (QED) is 0.719. The molecule has 1 aromatic rings. The summed E-state index contributed by atoms with van der Waals surface area (Å²) in [6.07, 6.45) is 3.99. The van der Waals surface area contributed by atoms with Gasteiger partial charge in [0.25, 0.3) is 0 Å². The molecule has 0 spiro atoms. The van der Waals surface area contributed by atoms with Crippen molar-refractivity contribution in [2.24, 2.45) is 0 Å². The summed E-state index contributed by atoms with van der Waals surface area (Å²) in [5, 5.41) is 15.4. The van der Waals surface area contributed by atoms with Crippen LogP contribution >= 0.6 is 0 Å². The molecular formula is C13H24N6O. The number of piperidine rings is 1. The van der Waals surface area contributed by atoms with E-state index < -0.39 is 0 Å². The molecule has 0 amide bonds. The Balaban J connectivity index is 2.06. The van der Waals surface area contributed by atoms with E-state index in [1.165, 1.54) is 19.3 Å². The van der Waals surface area contributed by atoms with Crippen molar-refractivity contribution in [2.75, 3.05) is 42.2 Å². The molecular weight excluding hydrogens is 256 g/mol. The van der Waals surface area contributed by atoms with Crippen LogP contribution in [0.15, 0.2) is 0 Å². The van der Waals surface area contributed by atoms with Gasteiger partial charge in [-0.2, -0.15) is 15.0 Å². The summed E-state index contributed by atoms with van der Waals surface area (Å²) in [5.41, 5.74) is 0. The van der Waals surface area contributed by atoms with Crippen LogP contribution in [0.1, 0.15) is 32.6 Å². The van der Waals surface area contributed by atoms with Crippen LogP contribution < -0.4 is 15.5 Å². The van der Waals surface area contributed by atoms with Crippen LogP contribution in [-0.2, 0) is 0 Å². The second-order valence-corrected chi connectivity index (χ2v) is 5.14. The Morgan fingerprint density at radius 2 is 1.85 bits per heavy atom. The van der Waals surface area contributed by atoms with Crippen LogP contribution in [0, 0.1) is 0 Å². The average Bonchev–Trinajstić information content (AvgIpc) is 2.47. The van der Waals surface area contributed by atoms with E-state index in [4.69, 9.17) is 0 Å². The molecule has 1 fully saturated rings. The zero-order valence-corrected chi connectivity index (χ0v) is 12.3. The Hall–Kier alpha value is -1.63. The van der Waals surface area contributed by atoms with Crippen LogP contribution in [0.3, 0.4) is 0 Å². The van der Waals surface area contributed by atoms with Crippen LogP contribution in [0.25, 0.3) is 0 Å². The standard InChI is InChI=1S/C13H24N6O/c1-10(20)6-7-15-12-16-11(14-2)17-13(18-12)19-8-4-3-5-9-19/h10,20H,3-9H2,1-2H3,(H2,14,15,16,17,18). The molecule has 1 aliphatic heterocycles. The van der Waals surface area contributed by atoms with Gasteiger partial charge in [-0.05, 0) is 32.6 Å². The molecule has 1 saturated heterocycles. The zero-order chi connectivity index (χ0) is 14.4. The zero-order valence-electron chi connectivity index (χ0n) is 12.3. The lowest BCUT2D eigenvalue weighted by Gasteiger charge is -2.26. The molecule has 7 nitrogen and oxygen atoms in total. The highest BCUT2D eigenvalue weighted by molar-refractivity contribution is 5.43. The Bertz CT molecular complexity index is 419. The first-order chi connectivity index (χ1) is 9.69. The second kappa shape index (κ2) is 7.23. The van der Waals surface area contributed by atoms with E-state index in [0.717, 1.165) is 19.0 Å². The van der Waals surface area contributed by atoms with E-state index in [-0.39, 0.29) is 6.10 Å². The van der Waals surface area contributed by atoms with Crippen molar-refractivity contribution in [2.45, 2.75) is 38.7 Å². The fourth-order valence-corrected chi connectivity index (χ4v) is 2.18. The number of nitrogens with zero attached hydrogens (tertiary/aromatic N) is 4. The molecule has 0 bridgehead atoms. The third-order valence-electron chi connectivity index (χ3n) is 3.33. The van der Waals surface area contributed by atoms with Crippen molar-refractivity contribution in [1.29, 1.82) is 0 Å². The third-order valence-corrected chi connectivity index (χ3v) is 3.33. The highest BCUT2D eigenvalue weighted by atomic mass is 16.3. The molecule has 0 aliphatic carbocycles. The van der Waals surface area contributed by atoms with Gasteiger partial charge in [-0.15, -0.1) is 0 Å². The summed E-state index contributed by atoms with van der Waals surface area (Å²) in [5.74, 6) is 1.86. The monoisotopic (exact) mass is 280 g/mol. The van der Waals surface area contributed by atoms with Gasteiger partial charge in [-0.3, -0.25) is 0 Å². The first-order valence-corrected chi connectivity index (χ1v) is 7.30. The average molecular weight is 280 g/mol. The molecule has 1 aromatic heterocycles. The molecule has 20 heavy (non-hydrogen) atoms. The molecule has 1 aliphatic rings. The summed E-state index contributed by atoms with van der Waals surface area (Å²) in [7, 11) is 1.80. The van der Waals surface area contributed by atoms with Crippen molar-refractivity contribution in [3.8, 4) is 0 Å². The van der Waals surface area contributed by atoms with E-state index in [0.29, 0.717) is 24.9 Å². The molecule has 7 heteroatoms. The summed E-state index contributed by atoms with van der Waals surface area (Å²) in [6.45, 7) is 4.41. The van der Waals surface area contributed by atoms with E-state index in [1.54, 1.807) is 14.0 Å². The lowest BCUT2D eigenvalue weighted by Crippen LogP contribution is -2.31. The van der Waals surface area contributed by atoms with Gasteiger partial charge in [0.15, 0.2) is 0 Å². The third kappa shape index (κ3) is 4.19. The van der Waals surface area contributed by atoms with Crippen LogP contribution in [-0.4, -0.2) is 52.8 Å². The number of aliphatic hydroxyl groups is 1. The maximum atomic E-state index is 9.28. The molecule has 2 rings (SSSR count). The van der Waals surface area contributed by atoms with E-state index >= 15 is 0 Å². The van der Waals surface area contributed by atoms with Crippen molar-refractivity contribution in [3.63, 3.8) is 0 Å². The first kappa shape index (κ1) is 14.8. The van der Waals surface area contributed by atoms with E-state index in [2.05, 4.69) is 30.5 Å². The number of rotatable bonds is 6. The number of anilines is 3. The fourth-order valence-electron chi connectivity index (χ4n) is 2.18. The normalized spacial score (nSPS) is 16.9. The van der Waals surface area contributed by atoms with Crippen molar-refractivity contribution in [1.82, 2.24) is 15.0 Å². The largest absolute Gasteiger partial charge is 0.393 e. The number of aromatic nitrogens is 3. The number of nitrogens with one attached hydrogen (secondary N) is 2. The summed E-state index contributed by atoms with van der Waals surface area (Å²) in [4.78, 5) is 15.4. The van der Waals surface area contributed by atoms with Crippen LogP contribution in [0.2, 0.25) is 0 Å². The van der Waals surface area contributed by atoms with Crippen molar-refractivity contribution >= 4 is 17.8 Å². The van der Waals surface area contributed by atoms with Gasteiger partial charge in [0.2, 0.25) is 17.8 Å². The molecule has 0 saturated carbocycles. The SMILES string of the molecule is CNc1nc(NCCC(C)O)nc(N2CCCCC2)n1. The molecule has 2 heterocycles. The maximum Gasteiger partial charge on any atom is 0.231 e. The highest BCUT2D eigenvalue weighted by Gasteiger charge is 2.15. The van der Waals surface area contributed by atoms with Gasteiger partial charge >= 0.3 is 0 Å².